The summed E-state index contributed by atoms with van der Waals surface area (Å²) in [4.78, 5) is 23.3. The molecular formula is C22H19NO4. The first-order valence-corrected chi connectivity index (χ1v) is 8.35. The van der Waals surface area contributed by atoms with E-state index in [0.717, 1.165) is 17.2 Å². The number of esters is 2. The minimum absolute atomic E-state index is 0.00209. The summed E-state index contributed by atoms with van der Waals surface area (Å²) in [5.41, 5.74) is 2.83. The number of hydrogen-bond donors (Lipinski definition) is 1. The predicted octanol–water partition coefficient (Wildman–Crippen LogP) is 4.15. The first-order valence-electron chi connectivity index (χ1n) is 8.35. The van der Waals surface area contributed by atoms with Crippen molar-refractivity contribution >= 4 is 28.4 Å². The summed E-state index contributed by atoms with van der Waals surface area (Å²) in [5.74, 6) is -1.30. The zero-order chi connectivity index (χ0) is 19.2. The molecule has 3 aromatic rings. The normalized spacial score (nSPS) is 11.1. The maximum Gasteiger partial charge on any atom is 0.354 e. The molecule has 0 aliphatic carbocycles. The number of carbonyl (C=O) groups is 2. The number of fused-ring (bicyclic) bond motifs is 1. The molecule has 3 rings (SSSR count). The van der Waals surface area contributed by atoms with Crippen LogP contribution in [0.4, 0.5) is 5.69 Å². The molecule has 0 heterocycles. The molecule has 0 saturated heterocycles. The van der Waals surface area contributed by atoms with Gasteiger partial charge in [0.25, 0.3) is 0 Å². The first kappa shape index (κ1) is 18.2. The summed E-state index contributed by atoms with van der Waals surface area (Å²) in [6.45, 7) is 0. The van der Waals surface area contributed by atoms with Crippen molar-refractivity contribution < 1.29 is 19.1 Å². The van der Waals surface area contributed by atoms with E-state index in [-0.39, 0.29) is 5.70 Å². The molecule has 0 bridgehead atoms. The Labute approximate surface area is 157 Å². The van der Waals surface area contributed by atoms with Gasteiger partial charge in [0.2, 0.25) is 0 Å². The molecule has 0 fully saturated rings. The molecule has 5 heteroatoms. The van der Waals surface area contributed by atoms with E-state index >= 15 is 0 Å². The molecule has 27 heavy (non-hydrogen) atoms. The molecule has 0 spiro atoms. The molecule has 1 N–H and O–H groups in total. The molecule has 0 aromatic heterocycles. The topological polar surface area (TPSA) is 64.6 Å². The number of hydrogen-bond acceptors (Lipinski definition) is 5. The summed E-state index contributed by atoms with van der Waals surface area (Å²) in [5, 5.41) is 5.24. The van der Waals surface area contributed by atoms with Crippen LogP contribution in [0.15, 0.2) is 78.5 Å². The maximum absolute atomic E-state index is 11.8. The van der Waals surface area contributed by atoms with Gasteiger partial charge in [0.15, 0.2) is 0 Å². The molecule has 0 amide bonds. The Morgan fingerprint density at radius 2 is 1.56 bits per heavy atom. The second-order valence-corrected chi connectivity index (χ2v) is 5.80. The highest BCUT2D eigenvalue weighted by atomic mass is 16.5. The van der Waals surface area contributed by atoms with Crippen molar-refractivity contribution in [1.82, 2.24) is 0 Å². The van der Waals surface area contributed by atoms with E-state index in [1.54, 1.807) is 0 Å². The average molecular weight is 361 g/mol. The van der Waals surface area contributed by atoms with E-state index in [0.29, 0.717) is 5.69 Å². The highest BCUT2D eigenvalue weighted by molar-refractivity contribution is 5.99. The van der Waals surface area contributed by atoms with E-state index in [1.165, 1.54) is 25.0 Å². The molecule has 3 aromatic carbocycles. The number of nitrogens with one attached hydrogen (secondary N) is 1. The fourth-order valence-corrected chi connectivity index (χ4v) is 2.80. The van der Waals surface area contributed by atoms with Crippen LogP contribution in [0.25, 0.3) is 21.9 Å². The van der Waals surface area contributed by atoms with Crippen molar-refractivity contribution in [2.45, 2.75) is 0 Å². The van der Waals surface area contributed by atoms with Gasteiger partial charge in [-0.25, -0.2) is 9.59 Å². The third-order valence-electron chi connectivity index (χ3n) is 4.13. The van der Waals surface area contributed by atoms with Crippen molar-refractivity contribution in [1.29, 1.82) is 0 Å². The quantitative estimate of drug-likeness (QED) is 0.546. The fourth-order valence-electron chi connectivity index (χ4n) is 2.80. The van der Waals surface area contributed by atoms with Gasteiger partial charge in [-0.05, 0) is 34.0 Å². The van der Waals surface area contributed by atoms with Gasteiger partial charge in [-0.15, -0.1) is 0 Å². The maximum atomic E-state index is 11.8. The highest BCUT2D eigenvalue weighted by Gasteiger charge is 2.13. The highest BCUT2D eigenvalue weighted by Crippen LogP contribution is 2.29. The van der Waals surface area contributed by atoms with E-state index in [1.807, 2.05) is 42.5 Å². The molecule has 0 radical (unpaired) electrons. The van der Waals surface area contributed by atoms with E-state index in [2.05, 4.69) is 34.3 Å². The molecule has 5 nitrogen and oxygen atoms in total. The standard InChI is InChI=1S/C22H19NO4/c1-26-21(24)14-20(22(25)27-2)23-17-12-10-16(11-13-17)19-9-5-7-15-6-3-4-8-18(15)19/h3-14,23H,1-2H3/b20-14+. The molecule has 0 aliphatic heterocycles. The predicted molar refractivity (Wildman–Crippen MR) is 105 cm³/mol. The Bertz CT molecular complexity index is 1000. The summed E-state index contributed by atoms with van der Waals surface area (Å²) in [6.07, 6.45) is 1.06. The molecule has 0 aliphatic rings. The van der Waals surface area contributed by atoms with Crippen LogP contribution < -0.4 is 5.32 Å². The lowest BCUT2D eigenvalue weighted by molar-refractivity contribution is -0.138. The smallest absolute Gasteiger partial charge is 0.354 e. The van der Waals surface area contributed by atoms with E-state index in [9.17, 15) is 9.59 Å². The lowest BCUT2D eigenvalue weighted by Crippen LogP contribution is -2.15. The molecule has 136 valence electrons. The van der Waals surface area contributed by atoms with Crippen LogP contribution in [-0.2, 0) is 19.1 Å². The Hall–Kier alpha value is -3.60. The zero-order valence-electron chi connectivity index (χ0n) is 15.1. The molecule has 0 atom stereocenters. The van der Waals surface area contributed by atoms with Crippen LogP contribution in [0.2, 0.25) is 0 Å². The van der Waals surface area contributed by atoms with Gasteiger partial charge in [-0.3, -0.25) is 0 Å². The second-order valence-electron chi connectivity index (χ2n) is 5.80. The third-order valence-corrected chi connectivity index (χ3v) is 4.13. The summed E-state index contributed by atoms with van der Waals surface area (Å²) in [7, 11) is 2.49. The van der Waals surface area contributed by atoms with Gasteiger partial charge in [-0.1, -0.05) is 54.6 Å². The second kappa shape index (κ2) is 8.19. The van der Waals surface area contributed by atoms with E-state index in [4.69, 9.17) is 4.74 Å². The SMILES string of the molecule is COC(=O)/C=C(/Nc1ccc(-c2cccc3ccccc23)cc1)C(=O)OC. The van der Waals surface area contributed by atoms with Gasteiger partial charge in [0.1, 0.15) is 5.70 Å². The number of anilines is 1. The zero-order valence-corrected chi connectivity index (χ0v) is 15.1. The number of rotatable bonds is 5. The Morgan fingerprint density at radius 1 is 0.852 bits per heavy atom. The minimum atomic E-state index is -0.654. The molecular weight excluding hydrogens is 342 g/mol. The fraction of sp³-hybridized carbons (Fsp3) is 0.0909. The molecule has 0 saturated carbocycles. The molecule has 0 unspecified atom stereocenters. The summed E-state index contributed by atoms with van der Waals surface area (Å²) in [6, 6.07) is 22.0. The lowest BCUT2D eigenvalue weighted by atomic mass is 9.98. The van der Waals surface area contributed by atoms with Crippen molar-refractivity contribution in [2.75, 3.05) is 19.5 Å². The number of benzene rings is 3. The summed E-state index contributed by atoms with van der Waals surface area (Å²) < 4.78 is 9.26. The largest absolute Gasteiger partial charge is 0.466 e. The Balaban J connectivity index is 1.89. The van der Waals surface area contributed by atoms with Crippen LogP contribution in [0.5, 0.6) is 0 Å². The average Bonchev–Trinajstić information content (AvgIpc) is 2.72. The van der Waals surface area contributed by atoms with Gasteiger partial charge >= 0.3 is 11.9 Å². The van der Waals surface area contributed by atoms with Crippen molar-refractivity contribution in [3.8, 4) is 11.1 Å². The summed E-state index contributed by atoms with van der Waals surface area (Å²) >= 11 is 0. The van der Waals surface area contributed by atoms with E-state index < -0.39 is 11.9 Å². The first-order chi connectivity index (χ1) is 13.1. The van der Waals surface area contributed by atoms with Crippen LogP contribution in [-0.4, -0.2) is 26.2 Å². The van der Waals surface area contributed by atoms with Gasteiger partial charge in [0, 0.05) is 5.69 Å². The Kier molecular flexibility index (Phi) is 5.52. The lowest BCUT2D eigenvalue weighted by Gasteiger charge is -2.11. The monoisotopic (exact) mass is 361 g/mol. The minimum Gasteiger partial charge on any atom is -0.466 e. The van der Waals surface area contributed by atoms with Crippen molar-refractivity contribution in [3.63, 3.8) is 0 Å². The van der Waals surface area contributed by atoms with Crippen LogP contribution in [0, 0.1) is 0 Å². The number of ether oxygens (including phenoxy) is 2. The van der Waals surface area contributed by atoms with Gasteiger partial charge in [0.05, 0.1) is 20.3 Å². The van der Waals surface area contributed by atoms with Crippen molar-refractivity contribution in [3.05, 3.63) is 78.5 Å². The Morgan fingerprint density at radius 3 is 2.26 bits per heavy atom. The van der Waals surface area contributed by atoms with Crippen LogP contribution >= 0.6 is 0 Å². The number of methoxy groups -OCH3 is 2. The van der Waals surface area contributed by atoms with Crippen LogP contribution in [0.3, 0.4) is 0 Å². The van der Waals surface area contributed by atoms with Crippen LogP contribution in [0.1, 0.15) is 0 Å². The number of carbonyl (C=O) groups excluding carboxylic acids is 2. The van der Waals surface area contributed by atoms with Gasteiger partial charge in [-0.2, -0.15) is 0 Å². The third kappa shape index (κ3) is 4.15. The van der Waals surface area contributed by atoms with Gasteiger partial charge < -0.3 is 14.8 Å². The van der Waals surface area contributed by atoms with Crippen molar-refractivity contribution in [2.24, 2.45) is 0 Å².